The van der Waals surface area contributed by atoms with Crippen molar-refractivity contribution >= 4 is 21.3 Å². The van der Waals surface area contributed by atoms with Crippen molar-refractivity contribution in [2.24, 2.45) is 4.36 Å². The monoisotopic (exact) mass is 382 g/mol. The van der Waals surface area contributed by atoms with E-state index in [9.17, 15) is 13.8 Å². The Morgan fingerprint density at radius 2 is 1.74 bits per heavy atom. The summed E-state index contributed by atoms with van der Waals surface area (Å²) in [5.41, 5.74) is 7.07. The van der Waals surface area contributed by atoms with E-state index in [1.54, 1.807) is 30.3 Å². The Morgan fingerprint density at radius 3 is 2.41 bits per heavy atom. The number of nitrogens with two attached hydrogens (primary N) is 1. The zero-order valence-electron chi connectivity index (χ0n) is 14.6. The van der Waals surface area contributed by atoms with E-state index in [2.05, 4.69) is 9.46 Å². The van der Waals surface area contributed by atoms with Crippen molar-refractivity contribution < 1.29 is 9.00 Å². The number of benzene rings is 2. The molecule has 2 N–H and O–H groups in total. The van der Waals surface area contributed by atoms with E-state index >= 15 is 0 Å². The third-order valence-electron chi connectivity index (χ3n) is 3.81. The van der Waals surface area contributed by atoms with Crippen LogP contribution < -0.4 is 11.3 Å². The van der Waals surface area contributed by atoms with Crippen molar-refractivity contribution in [3.8, 4) is 11.3 Å². The molecule has 3 aromatic rings. The molecule has 0 spiro atoms. The Balaban J connectivity index is 1.89. The van der Waals surface area contributed by atoms with E-state index in [0.717, 1.165) is 10.2 Å². The highest BCUT2D eigenvalue weighted by Crippen LogP contribution is 2.15. The lowest BCUT2D eigenvalue weighted by atomic mass is 10.1. The third-order valence-corrected chi connectivity index (χ3v) is 5.51. The molecule has 1 aromatic heterocycles. The largest absolute Gasteiger partial charge is 0.399 e. The Morgan fingerprint density at radius 1 is 1.07 bits per heavy atom. The van der Waals surface area contributed by atoms with E-state index in [1.807, 2.05) is 30.3 Å². The summed E-state index contributed by atoms with van der Waals surface area (Å²) in [4.78, 5) is 24.7. The van der Waals surface area contributed by atoms with Gasteiger partial charge in [0, 0.05) is 28.5 Å². The van der Waals surface area contributed by atoms with Crippen LogP contribution in [0.25, 0.3) is 11.3 Å². The van der Waals surface area contributed by atoms with Crippen LogP contribution in [-0.4, -0.2) is 26.2 Å². The number of nitrogens with zero attached hydrogens (tertiary/aromatic N) is 3. The van der Waals surface area contributed by atoms with Gasteiger partial charge in [0.05, 0.1) is 15.4 Å². The molecule has 0 fully saturated rings. The number of hydrogen-bond donors (Lipinski definition) is 1. The molecule has 27 heavy (non-hydrogen) atoms. The van der Waals surface area contributed by atoms with Crippen molar-refractivity contribution in [2.45, 2.75) is 11.4 Å². The second-order valence-corrected chi connectivity index (χ2v) is 8.20. The first kappa shape index (κ1) is 18.5. The average molecular weight is 382 g/mol. The summed E-state index contributed by atoms with van der Waals surface area (Å²) in [5.74, 6) is -0.695. The molecule has 1 amide bonds. The SMILES string of the molecule is CS(=O)(=NC(=O)Cn1nc(-c2ccccc2)ccc1=O)c1ccc(N)cc1. The number of rotatable bonds is 4. The van der Waals surface area contributed by atoms with Gasteiger partial charge in [0.25, 0.3) is 11.5 Å². The fourth-order valence-corrected chi connectivity index (χ4v) is 3.64. The second kappa shape index (κ2) is 7.55. The van der Waals surface area contributed by atoms with Gasteiger partial charge in [-0.15, -0.1) is 0 Å². The summed E-state index contributed by atoms with van der Waals surface area (Å²) < 4.78 is 17.6. The number of anilines is 1. The highest BCUT2D eigenvalue weighted by Gasteiger charge is 2.12. The first-order valence-corrected chi connectivity index (χ1v) is 10.0. The minimum Gasteiger partial charge on any atom is -0.399 e. The Labute approximate surface area is 156 Å². The van der Waals surface area contributed by atoms with Crippen LogP contribution in [0.2, 0.25) is 0 Å². The molecular weight excluding hydrogens is 364 g/mol. The van der Waals surface area contributed by atoms with Crippen molar-refractivity contribution in [1.82, 2.24) is 9.78 Å². The molecular formula is C19H18N4O3S. The molecule has 0 aliphatic rings. The molecule has 0 saturated carbocycles. The van der Waals surface area contributed by atoms with Gasteiger partial charge < -0.3 is 5.73 Å². The van der Waals surface area contributed by atoms with Gasteiger partial charge in [-0.3, -0.25) is 9.59 Å². The van der Waals surface area contributed by atoms with Gasteiger partial charge in [0.2, 0.25) is 0 Å². The van der Waals surface area contributed by atoms with Gasteiger partial charge in [0.15, 0.2) is 0 Å². The molecule has 0 aliphatic heterocycles. The van der Waals surface area contributed by atoms with Crippen LogP contribution in [0.1, 0.15) is 0 Å². The lowest BCUT2D eigenvalue weighted by Crippen LogP contribution is -2.26. The topological polar surface area (TPSA) is 107 Å². The minimum absolute atomic E-state index is 0.390. The fourth-order valence-electron chi connectivity index (χ4n) is 2.45. The van der Waals surface area contributed by atoms with Crippen molar-refractivity contribution in [3.63, 3.8) is 0 Å². The number of aromatic nitrogens is 2. The Bertz CT molecular complexity index is 1150. The molecule has 1 unspecified atom stereocenters. The Kier molecular flexibility index (Phi) is 5.18. The molecule has 1 atom stereocenters. The predicted octanol–water partition coefficient (Wildman–Crippen LogP) is 2.18. The van der Waals surface area contributed by atoms with E-state index < -0.39 is 21.2 Å². The maximum absolute atomic E-state index is 12.7. The molecule has 7 nitrogen and oxygen atoms in total. The minimum atomic E-state index is -2.94. The number of nitrogen functional groups attached to an aromatic ring is 1. The van der Waals surface area contributed by atoms with Gasteiger partial charge in [0.1, 0.15) is 6.54 Å². The van der Waals surface area contributed by atoms with E-state index in [0.29, 0.717) is 16.3 Å². The third kappa shape index (κ3) is 4.48. The van der Waals surface area contributed by atoms with Crippen LogP contribution in [-0.2, 0) is 21.1 Å². The number of carbonyl (C=O) groups is 1. The van der Waals surface area contributed by atoms with Crippen LogP contribution in [0.3, 0.4) is 0 Å². The molecule has 0 bridgehead atoms. The lowest BCUT2D eigenvalue weighted by molar-refractivity contribution is -0.118. The van der Waals surface area contributed by atoms with E-state index in [1.165, 1.54) is 12.3 Å². The standard InChI is InChI=1S/C19H18N4O3S/c1-27(26,16-9-7-15(20)8-10-16)22-18(24)13-23-19(25)12-11-17(21-23)14-5-3-2-4-6-14/h2-12H,13,20H2,1H3. The van der Waals surface area contributed by atoms with Crippen LogP contribution >= 0.6 is 0 Å². The first-order valence-electron chi connectivity index (χ1n) is 8.09. The summed E-state index contributed by atoms with van der Waals surface area (Å²) in [5, 5.41) is 4.21. The molecule has 0 radical (unpaired) electrons. The van der Waals surface area contributed by atoms with Gasteiger partial charge in [-0.25, -0.2) is 8.89 Å². The summed E-state index contributed by atoms with van der Waals surface area (Å²) in [6.45, 7) is -0.390. The molecule has 2 aromatic carbocycles. The maximum atomic E-state index is 12.7. The molecule has 1 heterocycles. The molecule has 0 aliphatic carbocycles. The quantitative estimate of drug-likeness (QED) is 0.696. The first-order chi connectivity index (χ1) is 12.8. The summed E-state index contributed by atoms with van der Waals surface area (Å²) in [7, 11) is -2.94. The fraction of sp³-hybridized carbons (Fsp3) is 0.105. The van der Waals surface area contributed by atoms with Crippen LogP contribution in [0.15, 0.2) is 80.8 Å². The molecule has 0 saturated heterocycles. The highest BCUT2D eigenvalue weighted by atomic mass is 32.2. The van der Waals surface area contributed by atoms with Crippen LogP contribution in [0.5, 0.6) is 0 Å². The summed E-state index contributed by atoms with van der Waals surface area (Å²) in [6.07, 6.45) is 1.37. The zero-order chi connectivity index (χ0) is 19.4. The number of carbonyl (C=O) groups excluding carboxylic acids is 1. The van der Waals surface area contributed by atoms with Crippen molar-refractivity contribution in [2.75, 3.05) is 12.0 Å². The summed E-state index contributed by atoms with van der Waals surface area (Å²) >= 11 is 0. The summed E-state index contributed by atoms with van der Waals surface area (Å²) in [6, 6.07) is 18.5. The lowest BCUT2D eigenvalue weighted by Gasteiger charge is -2.07. The van der Waals surface area contributed by atoms with Crippen LogP contribution in [0, 0.1) is 0 Å². The van der Waals surface area contributed by atoms with Crippen molar-refractivity contribution in [1.29, 1.82) is 0 Å². The smallest absolute Gasteiger partial charge is 0.275 e. The van der Waals surface area contributed by atoms with Gasteiger partial charge in [-0.1, -0.05) is 30.3 Å². The normalized spacial score (nSPS) is 12.9. The highest BCUT2D eigenvalue weighted by molar-refractivity contribution is 7.93. The number of hydrogen-bond acceptors (Lipinski definition) is 5. The molecule has 8 heteroatoms. The van der Waals surface area contributed by atoms with Gasteiger partial charge in [-0.05, 0) is 30.3 Å². The predicted molar refractivity (Wildman–Crippen MR) is 105 cm³/mol. The second-order valence-electron chi connectivity index (χ2n) is 5.94. The zero-order valence-corrected chi connectivity index (χ0v) is 15.4. The molecule has 3 rings (SSSR count). The van der Waals surface area contributed by atoms with Gasteiger partial charge in [-0.2, -0.15) is 9.46 Å². The van der Waals surface area contributed by atoms with E-state index in [-0.39, 0.29) is 6.54 Å². The number of amides is 1. The maximum Gasteiger partial charge on any atom is 0.275 e. The van der Waals surface area contributed by atoms with Crippen molar-refractivity contribution in [3.05, 3.63) is 77.1 Å². The molecule has 138 valence electrons. The van der Waals surface area contributed by atoms with E-state index in [4.69, 9.17) is 5.73 Å². The van der Waals surface area contributed by atoms with Crippen LogP contribution in [0.4, 0.5) is 5.69 Å². The average Bonchev–Trinajstić information content (AvgIpc) is 2.64. The Hall–Kier alpha value is -3.26. The van der Waals surface area contributed by atoms with Gasteiger partial charge >= 0.3 is 0 Å².